The summed E-state index contributed by atoms with van der Waals surface area (Å²) in [5.74, 6) is -0.755. The zero-order valence-corrected chi connectivity index (χ0v) is 24.7. The molecule has 5 rings (SSSR count). The normalized spacial score (nSPS) is 14.8. The van der Waals surface area contributed by atoms with Crippen molar-refractivity contribution in [3.63, 3.8) is 0 Å². The number of ether oxygens (including phenoxy) is 1. The first kappa shape index (κ1) is 29.9. The van der Waals surface area contributed by atoms with E-state index in [9.17, 15) is 19.1 Å². The molecule has 0 bridgehead atoms. The number of thioether (sulfide) groups is 1. The van der Waals surface area contributed by atoms with Gasteiger partial charge in [-0.25, -0.2) is 9.18 Å². The van der Waals surface area contributed by atoms with Crippen molar-refractivity contribution in [2.45, 2.75) is 19.1 Å². The monoisotopic (exact) mass is 609 g/mol. The number of benzene rings is 4. The first-order valence-electron chi connectivity index (χ1n) is 13.6. The molecule has 216 valence electrons. The van der Waals surface area contributed by atoms with Crippen LogP contribution in [-0.4, -0.2) is 38.7 Å². The van der Waals surface area contributed by atoms with Gasteiger partial charge in [-0.3, -0.25) is 4.79 Å². The van der Waals surface area contributed by atoms with Crippen LogP contribution >= 0.6 is 24.0 Å². The van der Waals surface area contributed by atoms with E-state index in [1.54, 1.807) is 47.4 Å². The minimum Gasteiger partial charge on any atom is -0.489 e. The van der Waals surface area contributed by atoms with Gasteiger partial charge in [0.25, 0.3) is 0 Å². The van der Waals surface area contributed by atoms with Crippen molar-refractivity contribution in [3.8, 4) is 5.75 Å². The third-order valence-electron chi connectivity index (χ3n) is 6.84. The van der Waals surface area contributed by atoms with Gasteiger partial charge < -0.3 is 14.7 Å². The van der Waals surface area contributed by atoms with E-state index in [-0.39, 0.29) is 18.2 Å². The molecule has 0 unspecified atom stereocenters. The zero-order chi connectivity index (χ0) is 30.2. The Hall–Kier alpha value is -4.53. The van der Waals surface area contributed by atoms with Crippen molar-refractivity contribution in [2.24, 2.45) is 0 Å². The number of ketones is 1. The molecule has 43 heavy (non-hydrogen) atoms. The number of nitrogens with zero attached hydrogens (tertiary/aromatic N) is 1. The smallest absolute Gasteiger partial charge is 0.326 e. The molecule has 1 N–H and O–H groups in total. The van der Waals surface area contributed by atoms with E-state index in [0.717, 1.165) is 27.2 Å². The summed E-state index contributed by atoms with van der Waals surface area (Å²) in [4.78, 5) is 27.5. The Labute approximate surface area is 259 Å². The van der Waals surface area contributed by atoms with Crippen molar-refractivity contribution in [3.05, 3.63) is 148 Å². The number of carbonyl (C=O) groups is 2. The summed E-state index contributed by atoms with van der Waals surface area (Å²) in [6.45, 7) is 0.677. The summed E-state index contributed by atoms with van der Waals surface area (Å²) < 4.78 is 19.6. The molecule has 5 nitrogen and oxygen atoms in total. The van der Waals surface area contributed by atoms with E-state index < -0.39 is 12.0 Å². The summed E-state index contributed by atoms with van der Waals surface area (Å²) in [7, 11) is 0. The van der Waals surface area contributed by atoms with Crippen molar-refractivity contribution in [2.75, 3.05) is 6.54 Å². The van der Waals surface area contributed by atoms with Crippen LogP contribution in [0.5, 0.6) is 5.75 Å². The summed E-state index contributed by atoms with van der Waals surface area (Å²) in [5.41, 5.74) is 4.03. The second-order valence-corrected chi connectivity index (χ2v) is 11.7. The van der Waals surface area contributed by atoms with Crippen molar-refractivity contribution >= 4 is 52.2 Å². The number of allylic oxidation sites excluding steroid dienone is 1. The lowest BCUT2D eigenvalue weighted by Gasteiger charge is -2.25. The van der Waals surface area contributed by atoms with E-state index in [2.05, 4.69) is 0 Å². The van der Waals surface area contributed by atoms with Crippen LogP contribution in [0.2, 0.25) is 0 Å². The van der Waals surface area contributed by atoms with Gasteiger partial charge >= 0.3 is 5.97 Å². The number of hydrogen-bond acceptors (Lipinski definition) is 5. The van der Waals surface area contributed by atoms with Crippen LogP contribution in [0, 0.1) is 5.82 Å². The lowest BCUT2D eigenvalue weighted by atomic mass is 10.0. The van der Waals surface area contributed by atoms with E-state index >= 15 is 0 Å². The Balaban J connectivity index is 1.16. The minimum absolute atomic E-state index is 0.137. The molecule has 0 saturated carbocycles. The largest absolute Gasteiger partial charge is 0.489 e. The quantitative estimate of drug-likeness (QED) is 0.106. The van der Waals surface area contributed by atoms with Crippen LogP contribution < -0.4 is 4.74 Å². The average Bonchev–Trinajstić information content (AvgIpc) is 3.38. The Morgan fingerprint density at radius 1 is 0.930 bits per heavy atom. The van der Waals surface area contributed by atoms with Crippen LogP contribution in [0.4, 0.5) is 4.39 Å². The molecule has 0 aliphatic carbocycles. The highest BCUT2D eigenvalue weighted by Crippen LogP contribution is 2.33. The van der Waals surface area contributed by atoms with E-state index in [0.29, 0.717) is 28.6 Å². The summed E-state index contributed by atoms with van der Waals surface area (Å²) >= 11 is 6.95. The molecule has 1 heterocycles. The molecule has 0 radical (unpaired) electrons. The zero-order valence-electron chi connectivity index (χ0n) is 23.1. The fourth-order valence-corrected chi connectivity index (χ4v) is 6.03. The van der Waals surface area contributed by atoms with Gasteiger partial charge in [-0.05, 0) is 70.8 Å². The van der Waals surface area contributed by atoms with Crippen LogP contribution in [0.1, 0.15) is 32.6 Å². The predicted octanol–water partition coefficient (Wildman–Crippen LogP) is 7.67. The SMILES string of the molecule is O=C(/C=C/c1ccc(/C=C2/CN([C@@H](Cc3ccccc3)C(=O)O)C(=S)S2)cc1)c1ccc(OCc2cccc(F)c2)cc1. The molecule has 8 heteroatoms. The fraction of sp³-hybridized carbons (Fsp3) is 0.114. The molecular formula is C35H28FNO4S2. The number of carbonyl (C=O) groups excluding carboxylic acids is 1. The molecule has 1 aliphatic rings. The molecule has 4 aromatic carbocycles. The Kier molecular flexibility index (Phi) is 9.81. The topological polar surface area (TPSA) is 66.8 Å². The summed E-state index contributed by atoms with van der Waals surface area (Å²) in [5, 5.41) is 9.89. The highest BCUT2D eigenvalue weighted by atomic mass is 32.2. The maximum Gasteiger partial charge on any atom is 0.326 e. The number of halogens is 1. The summed E-state index contributed by atoms with van der Waals surface area (Å²) in [6.07, 6.45) is 5.67. The fourth-order valence-electron chi connectivity index (χ4n) is 4.58. The third-order valence-corrected chi connectivity index (χ3v) is 8.24. The molecule has 1 fully saturated rings. The highest BCUT2D eigenvalue weighted by molar-refractivity contribution is 8.25. The van der Waals surface area contributed by atoms with Gasteiger partial charge in [0.05, 0.1) is 6.54 Å². The molecule has 1 saturated heterocycles. The van der Waals surface area contributed by atoms with Crippen molar-refractivity contribution in [1.82, 2.24) is 4.90 Å². The number of carboxylic acid groups (broad SMARTS) is 1. The number of rotatable bonds is 11. The number of aliphatic carboxylic acids is 1. The second-order valence-electron chi connectivity index (χ2n) is 9.96. The van der Waals surface area contributed by atoms with Crippen molar-refractivity contribution < 1.29 is 23.8 Å². The lowest BCUT2D eigenvalue weighted by molar-refractivity contribution is -0.141. The third kappa shape index (κ3) is 8.28. The Bertz CT molecular complexity index is 1670. The first-order valence-corrected chi connectivity index (χ1v) is 14.8. The van der Waals surface area contributed by atoms with Gasteiger partial charge in [0, 0.05) is 16.9 Å². The Morgan fingerprint density at radius 3 is 2.33 bits per heavy atom. The molecule has 1 aliphatic heterocycles. The molecule has 0 spiro atoms. The maximum atomic E-state index is 13.3. The predicted molar refractivity (Wildman–Crippen MR) is 173 cm³/mol. The Morgan fingerprint density at radius 2 is 1.63 bits per heavy atom. The molecular weight excluding hydrogens is 582 g/mol. The number of thiocarbonyl (C=S) groups is 1. The van der Waals surface area contributed by atoms with Crippen LogP contribution in [0.15, 0.2) is 114 Å². The van der Waals surface area contributed by atoms with Crippen LogP contribution in [0.25, 0.3) is 12.2 Å². The van der Waals surface area contributed by atoms with Gasteiger partial charge in [0.15, 0.2) is 5.78 Å². The van der Waals surface area contributed by atoms with Gasteiger partial charge in [-0.15, -0.1) is 0 Å². The van der Waals surface area contributed by atoms with Gasteiger partial charge in [-0.2, -0.15) is 0 Å². The summed E-state index contributed by atoms with van der Waals surface area (Å²) in [6, 6.07) is 29.6. The van der Waals surface area contributed by atoms with Crippen LogP contribution in [-0.2, 0) is 17.8 Å². The lowest BCUT2D eigenvalue weighted by Crippen LogP contribution is -2.42. The maximum absolute atomic E-state index is 13.3. The number of hydrogen-bond donors (Lipinski definition) is 1. The van der Waals surface area contributed by atoms with Gasteiger partial charge in [0.2, 0.25) is 0 Å². The average molecular weight is 610 g/mol. The van der Waals surface area contributed by atoms with E-state index in [4.69, 9.17) is 17.0 Å². The minimum atomic E-state index is -0.899. The van der Waals surface area contributed by atoms with Crippen molar-refractivity contribution in [1.29, 1.82) is 0 Å². The van der Waals surface area contributed by atoms with E-state index in [1.807, 2.05) is 60.7 Å². The first-order chi connectivity index (χ1) is 20.8. The van der Waals surface area contributed by atoms with Gasteiger partial charge in [-0.1, -0.05) is 96.8 Å². The van der Waals surface area contributed by atoms with Crippen LogP contribution in [0.3, 0.4) is 0 Å². The molecule has 0 aromatic heterocycles. The molecule has 1 atom stereocenters. The second kappa shape index (κ2) is 14.1. The number of carboxylic acids is 1. The molecule has 0 amide bonds. The molecule has 4 aromatic rings. The van der Waals surface area contributed by atoms with Gasteiger partial charge in [0.1, 0.15) is 28.5 Å². The standard InChI is InChI=1S/C35H28FNO4S2/c36-29-8-4-7-27(19-29)23-41-30-16-14-28(15-17-30)33(38)18-13-24-9-11-26(12-10-24)20-31-22-37(35(42)43-31)32(34(39)40)21-25-5-2-1-3-6-25/h1-20,32H,21-23H2,(H,39,40)/b18-13+,31-20-/t32-/m0/s1. The van der Waals surface area contributed by atoms with E-state index in [1.165, 1.54) is 30.0 Å². The highest BCUT2D eigenvalue weighted by Gasteiger charge is 2.33.